The van der Waals surface area contributed by atoms with Gasteiger partial charge in [0.25, 0.3) is 0 Å². The second-order valence-corrected chi connectivity index (χ2v) is 8.44. The summed E-state index contributed by atoms with van der Waals surface area (Å²) in [6, 6.07) is 15.6. The van der Waals surface area contributed by atoms with Gasteiger partial charge in [0.1, 0.15) is 29.8 Å². The van der Waals surface area contributed by atoms with Crippen molar-refractivity contribution >= 4 is 15.9 Å². The first kappa shape index (κ1) is 21.9. The van der Waals surface area contributed by atoms with Gasteiger partial charge in [-0.25, -0.2) is 4.39 Å². The summed E-state index contributed by atoms with van der Waals surface area (Å²) < 4.78 is 42.8. The highest BCUT2D eigenvalue weighted by molar-refractivity contribution is 9.10. The Labute approximate surface area is 203 Å². The van der Waals surface area contributed by atoms with Crippen LogP contribution in [0.5, 0.6) is 28.7 Å². The fraction of sp³-hybridized carbons (Fsp3) is 0.160. The van der Waals surface area contributed by atoms with Gasteiger partial charge in [-0.05, 0) is 45.8 Å². The summed E-state index contributed by atoms with van der Waals surface area (Å²) in [6.45, 7) is 0.116. The lowest BCUT2D eigenvalue weighted by atomic mass is 9.83. The lowest BCUT2D eigenvalue weighted by Crippen LogP contribution is -2.21. The number of nitriles is 1. The molecule has 0 radical (unpaired) electrons. The minimum atomic E-state index is -0.547. The van der Waals surface area contributed by atoms with Crippen LogP contribution in [0.15, 0.2) is 64.5 Å². The minimum Gasteiger partial charge on any atom is -0.493 e. The van der Waals surface area contributed by atoms with Gasteiger partial charge in [-0.3, -0.25) is 0 Å². The van der Waals surface area contributed by atoms with E-state index in [2.05, 4.69) is 22.0 Å². The summed E-state index contributed by atoms with van der Waals surface area (Å²) in [4.78, 5) is 0. The number of methoxy groups -OCH3 is 1. The number of nitrogens with two attached hydrogens (primary N) is 1. The SMILES string of the molecule is COc1cc([C@H]2C(C#N)=C(N)Oc3cc4c(cc32)OCO4)cc(Br)c1OCc1ccccc1F. The van der Waals surface area contributed by atoms with Crippen LogP contribution in [0.4, 0.5) is 4.39 Å². The van der Waals surface area contributed by atoms with Crippen LogP contribution in [0.3, 0.4) is 0 Å². The summed E-state index contributed by atoms with van der Waals surface area (Å²) in [6.07, 6.45) is 0. The summed E-state index contributed by atoms with van der Waals surface area (Å²) in [7, 11) is 1.51. The number of halogens is 2. The third kappa shape index (κ3) is 3.76. The standard InChI is InChI=1S/C25H18BrFN2O5/c1-30-22-7-14(6-17(26)24(22)31-11-13-4-2-3-5-18(13)27)23-15-8-20-21(33-12-32-20)9-19(15)34-25(29)16(23)10-28/h2-9,23H,11-12,29H2,1H3/t23-/m1/s1. The van der Waals surface area contributed by atoms with Crippen LogP contribution >= 0.6 is 15.9 Å². The molecular formula is C25H18BrFN2O5. The van der Waals surface area contributed by atoms with Gasteiger partial charge >= 0.3 is 0 Å². The van der Waals surface area contributed by atoms with Crippen LogP contribution in [0.2, 0.25) is 0 Å². The van der Waals surface area contributed by atoms with E-state index in [1.165, 1.54) is 13.2 Å². The summed E-state index contributed by atoms with van der Waals surface area (Å²) in [5, 5.41) is 9.87. The molecule has 34 heavy (non-hydrogen) atoms. The summed E-state index contributed by atoms with van der Waals surface area (Å²) in [5.41, 5.74) is 8.18. The van der Waals surface area contributed by atoms with Gasteiger partial charge in [0.2, 0.25) is 12.7 Å². The Morgan fingerprint density at radius 2 is 1.91 bits per heavy atom. The van der Waals surface area contributed by atoms with Crippen LogP contribution in [0.25, 0.3) is 0 Å². The Morgan fingerprint density at radius 1 is 1.15 bits per heavy atom. The number of rotatable bonds is 5. The van der Waals surface area contributed by atoms with Crippen LogP contribution in [0.1, 0.15) is 22.6 Å². The van der Waals surface area contributed by atoms with Crippen molar-refractivity contribution in [1.82, 2.24) is 0 Å². The van der Waals surface area contributed by atoms with Gasteiger partial charge in [0, 0.05) is 17.2 Å². The lowest BCUT2D eigenvalue weighted by molar-refractivity contribution is 0.174. The highest BCUT2D eigenvalue weighted by Gasteiger charge is 2.34. The number of hydrogen-bond acceptors (Lipinski definition) is 7. The first-order chi connectivity index (χ1) is 16.5. The van der Waals surface area contributed by atoms with Crippen molar-refractivity contribution in [2.24, 2.45) is 5.73 Å². The van der Waals surface area contributed by atoms with Crippen molar-refractivity contribution in [3.05, 3.63) is 87.0 Å². The zero-order valence-electron chi connectivity index (χ0n) is 17.9. The molecule has 0 saturated heterocycles. The molecule has 7 nitrogen and oxygen atoms in total. The minimum absolute atomic E-state index is 0.00818. The average Bonchev–Trinajstić information content (AvgIpc) is 3.29. The Hall–Kier alpha value is -3.90. The molecule has 0 saturated carbocycles. The molecule has 3 aromatic rings. The molecule has 1 atom stereocenters. The van der Waals surface area contributed by atoms with Crippen molar-refractivity contribution in [2.45, 2.75) is 12.5 Å². The van der Waals surface area contributed by atoms with E-state index in [0.29, 0.717) is 49.9 Å². The zero-order chi connectivity index (χ0) is 23.8. The van der Waals surface area contributed by atoms with E-state index in [4.69, 9.17) is 29.4 Å². The first-order valence-corrected chi connectivity index (χ1v) is 11.0. The number of hydrogen-bond donors (Lipinski definition) is 1. The fourth-order valence-electron chi connectivity index (χ4n) is 4.00. The molecule has 0 amide bonds. The lowest BCUT2D eigenvalue weighted by Gasteiger charge is -2.27. The zero-order valence-corrected chi connectivity index (χ0v) is 19.5. The van der Waals surface area contributed by atoms with E-state index in [1.807, 2.05) is 6.07 Å². The van der Waals surface area contributed by atoms with Crippen LogP contribution < -0.4 is 29.4 Å². The Bertz CT molecular complexity index is 1370. The average molecular weight is 525 g/mol. The molecule has 9 heteroatoms. The van der Waals surface area contributed by atoms with E-state index >= 15 is 0 Å². The maximum atomic E-state index is 14.0. The van der Waals surface area contributed by atoms with Crippen LogP contribution in [-0.2, 0) is 6.61 Å². The third-order valence-corrected chi connectivity index (χ3v) is 6.21. The quantitative estimate of drug-likeness (QED) is 0.494. The normalized spacial score (nSPS) is 15.9. The molecule has 0 spiro atoms. The second kappa shape index (κ2) is 8.80. The van der Waals surface area contributed by atoms with Crippen molar-refractivity contribution < 1.29 is 28.1 Å². The van der Waals surface area contributed by atoms with E-state index in [9.17, 15) is 9.65 Å². The van der Waals surface area contributed by atoms with E-state index in [-0.39, 0.29) is 30.7 Å². The van der Waals surface area contributed by atoms with Crippen molar-refractivity contribution in [3.63, 3.8) is 0 Å². The van der Waals surface area contributed by atoms with Gasteiger partial charge in [-0.1, -0.05) is 18.2 Å². The Kier molecular flexibility index (Phi) is 5.67. The van der Waals surface area contributed by atoms with Gasteiger partial charge in [-0.2, -0.15) is 5.26 Å². The molecule has 2 aliphatic heterocycles. The molecular weight excluding hydrogens is 507 g/mol. The molecule has 5 rings (SSSR count). The van der Waals surface area contributed by atoms with E-state index in [0.717, 1.165) is 0 Å². The molecule has 2 N–H and O–H groups in total. The Balaban J connectivity index is 1.56. The highest BCUT2D eigenvalue weighted by atomic mass is 79.9. The largest absolute Gasteiger partial charge is 0.493 e. The molecule has 0 unspecified atom stereocenters. The fourth-order valence-corrected chi connectivity index (χ4v) is 4.58. The third-order valence-electron chi connectivity index (χ3n) is 5.63. The predicted octanol–water partition coefficient (Wildman–Crippen LogP) is 5.12. The molecule has 2 heterocycles. The maximum Gasteiger partial charge on any atom is 0.231 e. The summed E-state index contributed by atoms with van der Waals surface area (Å²) in [5.74, 6) is 1.49. The number of fused-ring (bicyclic) bond motifs is 2. The first-order valence-electron chi connectivity index (χ1n) is 10.2. The predicted molar refractivity (Wildman–Crippen MR) is 123 cm³/mol. The van der Waals surface area contributed by atoms with Crippen molar-refractivity contribution in [2.75, 3.05) is 13.9 Å². The second-order valence-electron chi connectivity index (χ2n) is 7.58. The number of benzene rings is 3. The van der Waals surface area contributed by atoms with Gasteiger partial charge in [-0.15, -0.1) is 0 Å². The topological polar surface area (TPSA) is 96.0 Å². The monoisotopic (exact) mass is 524 g/mol. The van der Waals surface area contributed by atoms with Gasteiger partial charge < -0.3 is 29.4 Å². The molecule has 3 aromatic carbocycles. The van der Waals surface area contributed by atoms with Crippen LogP contribution in [0, 0.1) is 17.1 Å². The maximum absolute atomic E-state index is 14.0. The van der Waals surface area contributed by atoms with Crippen molar-refractivity contribution in [3.8, 4) is 34.8 Å². The van der Waals surface area contributed by atoms with E-state index in [1.54, 1.807) is 36.4 Å². The summed E-state index contributed by atoms with van der Waals surface area (Å²) >= 11 is 3.54. The van der Waals surface area contributed by atoms with Gasteiger partial charge in [0.05, 0.1) is 17.5 Å². The van der Waals surface area contributed by atoms with E-state index < -0.39 is 5.92 Å². The highest BCUT2D eigenvalue weighted by Crippen LogP contribution is 2.50. The van der Waals surface area contributed by atoms with Crippen LogP contribution in [-0.4, -0.2) is 13.9 Å². The molecule has 0 aromatic heterocycles. The molecule has 0 fully saturated rings. The Morgan fingerprint density at radius 3 is 2.65 bits per heavy atom. The number of allylic oxidation sites excluding steroid dienone is 1. The molecule has 0 aliphatic carbocycles. The van der Waals surface area contributed by atoms with Gasteiger partial charge in [0.15, 0.2) is 23.0 Å². The number of nitrogens with zero attached hydrogens (tertiary/aromatic N) is 1. The van der Waals surface area contributed by atoms with Crippen molar-refractivity contribution in [1.29, 1.82) is 5.26 Å². The smallest absolute Gasteiger partial charge is 0.231 e. The number of ether oxygens (including phenoxy) is 5. The molecule has 172 valence electrons. The molecule has 0 bridgehead atoms. The molecule has 2 aliphatic rings.